The van der Waals surface area contributed by atoms with Crippen molar-refractivity contribution in [2.75, 3.05) is 0 Å². The van der Waals surface area contributed by atoms with Gasteiger partial charge in [-0.3, -0.25) is 0 Å². The minimum Gasteiger partial charge on any atom is -0.389 e. The zero-order valence-electron chi connectivity index (χ0n) is 21.5. The fourth-order valence-corrected chi connectivity index (χ4v) is 4.23. The lowest BCUT2D eigenvalue weighted by Crippen LogP contribution is -2.01. The summed E-state index contributed by atoms with van der Waals surface area (Å²) < 4.78 is 0. The third-order valence-electron chi connectivity index (χ3n) is 6.42. The zero-order chi connectivity index (χ0) is 24.4. The van der Waals surface area contributed by atoms with Gasteiger partial charge in [-0.1, -0.05) is 128 Å². The Bertz CT molecular complexity index is 548. The van der Waals surface area contributed by atoms with Crippen molar-refractivity contribution in [1.82, 2.24) is 0 Å². The topological polar surface area (TPSA) is 40.5 Å². The first-order valence-corrected chi connectivity index (χ1v) is 13.7. The summed E-state index contributed by atoms with van der Waals surface area (Å²) >= 11 is 0. The lowest BCUT2D eigenvalue weighted by molar-refractivity contribution is 0.208. The molecule has 0 aliphatic heterocycles. The highest BCUT2D eigenvalue weighted by Crippen LogP contribution is 2.19. The van der Waals surface area contributed by atoms with Crippen LogP contribution >= 0.6 is 0 Å². The fraction of sp³-hybridized carbons (Fsp3) is 0.742. The highest BCUT2D eigenvalue weighted by Gasteiger charge is 2.03. The minimum atomic E-state index is -0.719. The normalized spacial score (nSPS) is 14.3. The molecule has 3 atom stereocenters. The summed E-state index contributed by atoms with van der Waals surface area (Å²) in [6.07, 6.45) is 40.6. The Morgan fingerprint density at radius 2 is 1.09 bits per heavy atom. The van der Waals surface area contributed by atoms with Gasteiger partial charge in [-0.15, -0.1) is 12.8 Å². The monoisotopic (exact) mass is 456 g/mol. The molecular formula is C31H52O2. The number of hydrogen-bond donors (Lipinski definition) is 2. The van der Waals surface area contributed by atoms with Gasteiger partial charge in [0.15, 0.2) is 0 Å². The summed E-state index contributed by atoms with van der Waals surface area (Å²) in [5.41, 5.74) is 0. The van der Waals surface area contributed by atoms with E-state index in [-0.39, 0.29) is 6.10 Å². The van der Waals surface area contributed by atoms with Crippen LogP contribution in [0.15, 0.2) is 24.3 Å². The van der Waals surface area contributed by atoms with E-state index >= 15 is 0 Å². The molecule has 0 aliphatic carbocycles. The van der Waals surface area contributed by atoms with Crippen LogP contribution in [0.1, 0.15) is 129 Å². The van der Waals surface area contributed by atoms with Crippen molar-refractivity contribution in [2.24, 2.45) is 5.92 Å². The second-order valence-corrected chi connectivity index (χ2v) is 9.70. The van der Waals surface area contributed by atoms with Gasteiger partial charge in [0.2, 0.25) is 0 Å². The summed E-state index contributed by atoms with van der Waals surface area (Å²) in [6, 6.07) is 0. The van der Waals surface area contributed by atoms with E-state index in [4.69, 9.17) is 12.8 Å². The molecule has 0 aromatic rings. The molecule has 0 rings (SSSR count). The largest absolute Gasteiger partial charge is 0.389 e. The van der Waals surface area contributed by atoms with Gasteiger partial charge in [0, 0.05) is 0 Å². The van der Waals surface area contributed by atoms with Crippen molar-refractivity contribution in [1.29, 1.82) is 0 Å². The molecule has 0 saturated carbocycles. The van der Waals surface area contributed by atoms with Crippen molar-refractivity contribution in [3.63, 3.8) is 0 Å². The van der Waals surface area contributed by atoms with E-state index in [1.807, 2.05) is 6.08 Å². The van der Waals surface area contributed by atoms with E-state index in [1.165, 1.54) is 103 Å². The van der Waals surface area contributed by atoms with E-state index in [2.05, 4.69) is 18.8 Å². The third kappa shape index (κ3) is 25.0. The Kier molecular flexibility index (Phi) is 24.0. The number of allylic oxidation sites excluding steroid dienone is 2. The molecule has 0 aromatic carbocycles. The smallest absolute Gasteiger partial charge is 0.133 e. The molecule has 0 aliphatic rings. The predicted octanol–water partition coefficient (Wildman–Crippen LogP) is 8.14. The Hall–Kier alpha value is -1.48. The lowest BCUT2D eigenvalue weighted by atomic mass is 9.95. The van der Waals surface area contributed by atoms with Crippen LogP contribution in [0.5, 0.6) is 0 Å². The Morgan fingerprint density at radius 1 is 0.636 bits per heavy atom. The van der Waals surface area contributed by atoms with Gasteiger partial charge in [0.1, 0.15) is 6.10 Å². The van der Waals surface area contributed by atoms with Crippen molar-refractivity contribution in [3.05, 3.63) is 24.3 Å². The maximum Gasteiger partial charge on any atom is 0.133 e. The second-order valence-electron chi connectivity index (χ2n) is 9.70. The van der Waals surface area contributed by atoms with Gasteiger partial charge in [-0.05, 0) is 43.4 Å². The SMILES string of the molecule is C#C/C=C\[C@@H](O)CCCCCCCCC(C)CCCCCCCCCCC/C=C/[C@@H](O)C#C. The molecule has 188 valence electrons. The summed E-state index contributed by atoms with van der Waals surface area (Å²) in [6.45, 7) is 2.42. The van der Waals surface area contributed by atoms with Gasteiger partial charge in [0.25, 0.3) is 0 Å². The van der Waals surface area contributed by atoms with Gasteiger partial charge in [-0.2, -0.15) is 0 Å². The first-order chi connectivity index (χ1) is 16.1. The molecule has 0 bridgehead atoms. The summed E-state index contributed by atoms with van der Waals surface area (Å²) in [5, 5.41) is 18.9. The number of unbranched alkanes of at least 4 members (excludes halogenated alkanes) is 14. The molecule has 2 N–H and O–H groups in total. The maximum atomic E-state index is 9.69. The van der Waals surface area contributed by atoms with Crippen LogP contribution in [0.4, 0.5) is 0 Å². The predicted molar refractivity (Wildman–Crippen MR) is 145 cm³/mol. The molecule has 0 aromatic heterocycles. The Labute approximate surface area is 206 Å². The van der Waals surface area contributed by atoms with Crippen LogP contribution in [0.3, 0.4) is 0 Å². The lowest BCUT2D eigenvalue weighted by Gasteiger charge is -2.11. The molecule has 0 heterocycles. The van der Waals surface area contributed by atoms with Gasteiger partial charge in [0.05, 0.1) is 6.10 Å². The summed E-state index contributed by atoms with van der Waals surface area (Å²) in [7, 11) is 0. The van der Waals surface area contributed by atoms with E-state index in [1.54, 1.807) is 18.2 Å². The summed E-state index contributed by atoms with van der Waals surface area (Å²) in [4.78, 5) is 0. The second kappa shape index (κ2) is 25.1. The average Bonchev–Trinajstić information content (AvgIpc) is 2.82. The van der Waals surface area contributed by atoms with E-state index in [0.29, 0.717) is 0 Å². The number of rotatable bonds is 23. The highest BCUT2D eigenvalue weighted by molar-refractivity contribution is 5.10. The van der Waals surface area contributed by atoms with Gasteiger partial charge in [-0.25, -0.2) is 0 Å². The first-order valence-electron chi connectivity index (χ1n) is 13.7. The van der Waals surface area contributed by atoms with Crippen LogP contribution in [-0.2, 0) is 0 Å². The van der Waals surface area contributed by atoms with Crippen molar-refractivity contribution in [3.8, 4) is 24.7 Å². The molecule has 33 heavy (non-hydrogen) atoms. The Balaban J connectivity index is 3.29. The van der Waals surface area contributed by atoms with Crippen molar-refractivity contribution in [2.45, 2.75) is 141 Å². The zero-order valence-corrected chi connectivity index (χ0v) is 21.5. The van der Waals surface area contributed by atoms with Gasteiger partial charge < -0.3 is 10.2 Å². The summed E-state index contributed by atoms with van der Waals surface area (Å²) in [5.74, 6) is 5.59. The quantitative estimate of drug-likeness (QED) is 0.0925. The molecule has 0 fully saturated rings. The number of hydrogen-bond acceptors (Lipinski definition) is 2. The first kappa shape index (κ1) is 31.5. The fourth-order valence-electron chi connectivity index (χ4n) is 4.23. The van der Waals surface area contributed by atoms with E-state index in [0.717, 1.165) is 25.2 Å². The number of aliphatic hydroxyl groups is 2. The molecule has 1 unspecified atom stereocenters. The number of terminal acetylenes is 2. The average molecular weight is 457 g/mol. The van der Waals surface area contributed by atoms with Gasteiger partial charge >= 0.3 is 0 Å². The Morgan fingerprint density at radius 3 is 1.58 bits per heavy atom. The highest BCUT2D eigenvalue weighted by atomic mass is 16.3. The number of aliphatic hydroxyl groups excluding tert-OH is 2. The third-order valence-corrected chi connectivity index (χ3v) is 6.42. The molecule has 0 radical (unpaired) electrons. The van der Waals surface area contributed by atoms with Crippen LogP contribution in [-0.4, -0.2) is 22.4 Å². The van der Waals surface area contributed by atoms with Crippen molar-refractivity contribution >= 4 is 0 Å². The van der Waals surface area contributed by atoms with Crippen molar-refractivity contribution < 1.29 is 10.2 Å². The minimum absolute atomic E-state index is 0.373. The van der Waals surface area contributed by atoms with E-state index < -0.39 is 6.10 Å². The molecule has 2 nitrogen and oxygen atoms in total. The van der Waals surface area contributed by atoms with Crippen LogP contribution in [0.25, 0.3) is 0 Å². The van der Waals surface area contributed by atoms with Crippen LogP contribution < -0.4 is 0 Å². The molecular weight excluding hydrogens is 404 g/mol. The maximum absolute atomic E-state index is 9.69. The molecule has 0 saturated heterocycles. The molecule has 2 heteroatoms. The standard InChI is InChI=1S/C31H52O2/c1-4-6-26-31(33)28-23-19-15-14-17-21-25-29(3)24-20-16-12-10-8-7-9-11-13-18-22-27-30(32)5-2/h1-2,6,22,26-27,29-33H,7-21,23-25,28H2,3H3/b26-6-,27-22+/t29?,30-,31+/m0/s1. The molecule has 0 amide bonds. The molecule has 0 spiro atoms. The van der Waals surface area contributed by atoms with Crippen LogP contribution in [0, 0.1) is 30.6 Å². The van der Waals surface area contributed by atoms with Crippen LogP contribution in [0.2, 0.25) is 0 Å². The van der Waals surface area contributed by atoms with E-state index in [9.17, 15) is 10.2 Å².